The van der Waals surface area contributed by atoms with Crippen LogP contribution in [0, 0.1) is 5.92 Å². The highest BCUT2D eigenvalue weighted by atomic mass is 16.2. The van der Waals surface area contributed by atoms with Gasteiger partial charge in [-0.1, -0.05) is 19.3 Å². The number of aromatic amines is 1. The van der Waals surface area contributed by atoms with Gasteiger partial charge < -0.3 is 10.6 Å². The molecule has 2 rings (SSSR count). The van der Waals surface area contributed by atoms with Gasteiger partial charge in [0, 0.05) is 12.5 Å². The Labute approximate surface area is 128 Å². The average molecular weight is 306 g/mol. The molecule has 1 saturated carbocycles. The number of amides is 2. The molecule has 2 amide bonds. The Balaban J connectivity index is 1.78. The van der Waals surface area contributed by atoms with Gasteiger partial charge in [-0.25, -0.2) is 5.10 Å². The van der Waals surface area contributed by atoms with Gasteiger partial charge in [0.1, 0.15) is 6.04 Å². The summed E-state index contributed by atoms with van der Waals surface area (Å²) in [5.74, 6) is 0.225. The molecule has 0 aromatic carbocycles. The molecular formula is C15H22N4O3. The highest BCUT2D eigenvalue weighted by Gasteiger charge is 2.20. The molecule has 120 valence electrons. The molecule has 0 radical (unpaired) electrons. The average Bonchev–Trinajstić information content (AvgIpc) is 2.50. The number of hydrogen-bond donors (Lipinski definition) is 3. The van der Waals surface area contributed by atoms with E-state index < -0.39 is 6.04 Å². The summed E-state index contributed by atoms with van der Waals surface area (Å²) in [6.45, 7) is 1.62. The van der Waals surface area contributed by atoms with E-state index in [2.05, 4.69) is 20.8 Å². The minimum Gasteiger partial charge on any atom is -0.345 e. The second-order valence-corrected chi connectivity index (χ2v) is 5.79. The summed E-state index contributed by atoms with van der Waals surface area (Å²) in [5, 5.41) is 11.2. The highest BCUT2D eigenvalue weighted by Crippen LogP contribution is 2.26. The fourth-order valence-electron chi connectivity index (χ4n) is 2.67. The second-order valence-electron chi connectivity index (χ2n) is 5.79. The lowest BCUT2D eigenvalue weighted by Gasteiger charge is -2.22. The first kappa shape index (κ1) is 16.2. The molecule has 1 aliphatic rings. The third-order valence-corrected chi connectivity index (χ3v) is 3.90. The van der Waals surface area contributed by atoms with Crippen LogP contribution >= 0.6 is 0 Å². The van der Waals surface area contributed by atoms with E-state index in [0.717, 1.165) is 12.8 Å². The topological polar surface area (TPSA) is 104 Å². The van der Waals surface area contributed by atoms with E-state index in [1.807, 2.05) is 0 Å². The maximum absolute atomic E-state index is 12.0. The minimum atomic E-state index is -0.648. The van der Waals surface area contributed by atoms with Crippen LogP contribution < -0.4 is 16.2 Å². The summed E-state index contributed by atoms with van der Waals surface area (Å²) in [5.41, 5.74) is -0.341. The molecule has 1 atom stereocenters. The molecule has 0 unspecified atom stereocenters. The number of anilines is 1. The fourth-order valence-corrected chi connectivity index (χ4v) is 2.67. The van der Waals surface area contributed by atoms with E-state index in [1.165, 1.54) is 31.4 Å². The van der Waals surface area contributed by atoms with E-state index >= 15 is 0 Å². The van der Waals surface area contributed by atoms with Crippen molar-refractivity contribution in [1.82, 2.24) is 15.5 Å². The minimum absolute atomic E-state index is 0.0935. The van der Waals surface area contributed by atoms with E-state index in [0.29, 0.717) is 12.3 Å². The van der Waals surface area contributed by atoms with Crippen molar-refractivity contribution in [3.05, 3.63) is 22.5 Å². The van der Waals surface area contributed by atoms with E-state index in [-0.39, 0.29) is 23.2 Å². The van der Waals surface area contributed by atoms with Crippen molar-refractivity contribution < 1.29 is 9.59 Å². The van der Waals surface area contributed by atoms with Crippen molar-refractivity contribution in [2.24, 2.45) is 5.92 Å². The lowest BCUT2D eigenvalue weighted by Crippen LogP contribution is -2.42. The Bertz CT molecular complexity index is 558. The first-order chi connectivity index (χ1) is 10.5. The predicted molar refractivity (Wildman–Crippen MR) is 82.3 cm³/mol. The second kappa shape index (κ2) is 7.72. The van der Waals surface area contributed by atoms with Crippen molar-refractivity contribution >= 4 is 17.6 Å². The number of nitrogens with zero attached hydrogens (tertiary/aromatic N) is 1. The standard InChI is InChI=1S/C15H22N4O3/c1-10(15(22)17-12-7-8-13(20)19-18-12)16-14(21)9-11-5-3-2-4-6-11/h7-8,10-11H,2-6,9H2,1H3,(H,16,21)(H,19,20)(H,17,18,22)/t10-/m0/s1. The Morgan fingerprint density at radius 1 is 1.32 bits per heavy atom. The summed E-state index contributed by atoms with van der Waals surface area (Å²) in [7, 11) is 0. The smallest absolute Gasteiger partial charge is 0.264 e. The molecule has 1 fully saturated rings. The molecule has 0 bridgehead atoms. The van der Waals surface area contributed by atoms with Crippen LogP contribution in [-0.4, -0.2) is 28.1 Å². The van der Waals surface area contributed by atoms with Crippen molar-refractivity contribution in [2.75, 3.05) is 5.32 Å². The Hall–Kier alpha value is -2.18. The number of hydrogen-bond acceptors (Lipinski definition) is 4. The molecule has 7 heteroatoms. The third-order valence-electron chi connectivity index (χ3n) is 3.90. The predicted octanol–water partition coefficient (Wildman–Crippen LogP) is 1.18. The number of H-pyrrole nitrogens is 1. The quantitative estimate of drug-likeness (QED) is 0.760. The molecular weight excluding hydrogens is 284 g/mol. The first-order valence-corrected chi connectivity index (χ1v) is 7.70. The molecule has 0 aliphatic heterocycles. The van der Waals surface area contributed by atoms with E-state index in [4.69, 9.17) is 0 Å². The number of aromatic nitrogens is 2. The normalized spacial score (nSPS) is 16.8. The van der Waals surface area contributed by atoms with Crippen LogP contribution in [0.4, 0.5) is 5.82 Å². The van der Waals surface area contributed by atoms with Crippen LogP contribution in [0.5, 0.6) is 0 Å². The van der Waals surface area contributed by atoms with Gasteiger partial charge >= 0.3 is 0 Å². The van der Waals surface area contributed by atoms with Crippen LogP contribution in [0.25, 0.3) is 0 Å². The van der Waals surface area contributed by atoms with Crippen molar-refractivity contribution in [2.45, 2.75) is 51.5 Å². The van der Waals surface area contributed by atoms with Crippen LogP contribution in [0.3, 0.4) is 0 Å². The van der Waals surface area contributed by atoms with Gasteiger partial charge in [-0.05, 0) is 31.7 Å². The van der Waals surface area contributed by atoms with Gasteiger partial charge in [0.05, 0.1) is 0 Å². The number of carbonyl (C=O) groups is 2. The van der Waals surface area contributed by atoms with Crippen molar-refractivity contribution in [3.8, 4) is 0 Å². The van der Waals surface area contributed by atoms with Gasteiger partial charge in [-0.3, -0.25) is 14.4 Å². The summed E-state index contributed by atoms with van der Waals surface area (Å²) in [6, 6.07) is 2.03. The zero-order valence-corrected chi connectivity index (χ0v) is 12.7. The first-order valence-electron chi connectivity index (χ1n) is 7.70. The third kappa shape index (κ3) is 4.98. The van der Waals surface area contributed by atoms with Gasteiger partial charge in [-0.15, -0.1) is 0 Å². The van der Waals surface area contributed by atoms with Gasteiger partial charge in [-0.2, -0.15) is 5.10 Å². The van der Waals surface area contributed by atoms with E-state index in [9.17, 15) is 14.4 Å². The Morgan fingerprint density at radius 2 is 2.05 bits per heavy atom. The summed E-state index contributed by atoms with van der Waals surface area (Å²) in [6.07, 6.45) is 6.29. The summed E-state index contributed by atoms with van der Waals surface area (Å²) in [4.78, 5) is 34.8. The van der Waals surface area contributed by atoms with Gasteiger partial charge in [0.2, 0.25) is 11.8 Å². The highest BCUT2D eigenvalue weighted by molar-refractivity contribution is 5.96. The van der Waals surface area contributed by atoms with Crippen LogP contribution in [-0.2, 0) is 9.59 Å². The zero-order valence-electron chi connectivity index (χ0n) is 12.7. The Morgan fingerprint density at radius 3 is 2.68 bits per heavy atom. The number of carbonyl (C=O) groups excluding carboxylic acids is 2. The molecule has 22 heavy (non-hydrogen) atoms. The van der Waals surface area contributed by atoms with Crippen LogP contribution in [0.15, 0.2) is 16.9 Å². The zero-order chi connectivity index (χ0) is 15.9. The lowest BCUT2D eigenvalue weighted by atomic mass is 9.87. The van der Waals surface area contributed by atoms with Gasteiger partial charge in [0.15, 0.2) is 5.82 Å². The number of rotatable bonds is 5. The molecule has 0 saturated heterocycles. The molecule has 1 aliphatic carbocycles. The lowest BCUT2D eigenvalue weighted by molar-refractivity contribution is -0.127. The van der Waals surface area contributed by atoms with Crippen LogP contribution in [0.2, 0.25) is 0 Å². The van der Waals surface area contributed by atoms with Crippen molar-refractivity contribution in [1.29, 1.82) is 0 Å². The molecule has 1 aromatic rings. The Kier molecular flexibility index (Phi) is 5.68. The molecule has 3 N–H and O–H groups in total. The molecule has 7 nitrogen and oxygen atoms in total. The van der Waals surface area contributed by atoms with Gasteiger partial charge in [0.25, 0.3) is 5.56 Å². The number of nitrogens with one attached hydrogen (secondary N) is 3. The SMILES string of the molecule is C[C@H](NC(=O)CC1CCCCC1)C(=O)Nc1ccc(=O)[nH]n1. The largest absolute Gasteiger partial charge is 0.345 e. The maximum atomic E-state index is 12.0. The fraction of sp³-hybridized carbons (Fsp3) is 0.600. The molecule has 1 heterocycles. The van der Waals surface area contributed by atoms with Crippen LogP contribution in [0.1, 0.15) is 45.4 Å². The maximum Gasteiger partial charge on any atom is 0.264 e. The van der Waals surface area contributed by atoms with E-state index in [1.54, 1.807) is 6.92 Å². The molecule has 0 spiro atoms. The van der Waals surface area contributed by atoms with Crippen molar-refractivity contribution in [3.63, 3.8) is 0 Å². The summed E-state index contributed by atoms with van der Waals surface area (Å²) < 4.78 is 0. The monoisotopic (exact) mass is 306 g/mol. The molecule has 1 aromatic heterocycles. The summed E-state index contributed by atoms with van der Waals surface area (Å²) >= 11 is 0.